The molecular formula is C19H21N5O4. The van der Waals surface area contributed by atoms with Crippen LogP contribution in [0.3, 0.4) is 0 Å². The number of nitro benzene ring substituents is 1. The van der Waals surface area contributed by atoms with Gasteiger partial charge in [0.2, 0.25) is 0 Å². The third-order valence-electron chi connectivity index (χ3n) is 4.63. The third-order valence-corrected chi connectivity index (χ3v) is 4.63. The van der Waals surface area contributed by atoms with Crippen molar-refractivity contribution in [2.75, 3.05) is 13.1 Å². The minimum absolute atomic E-state index is 0.146. The quantitative estimate of drug-likeness (QED) is 0.449. The number of likely N-dealkylation sites (tertiary alicyclic amines) is 1. The first-order valence-electron chi connectivity index (χ1n) is 9.00. The Balaban J connectivity index is 1.76. The molecule has 1 aliphatic rings. The molecule has 28 heavy (non-hydrogen) atoms. The van der Waals surface area contributed by atoms with Gasteiger partial charge in [-0.05, 0) is 49.7 Å². The smallest absolute Gasteiger partial charge is 0.270 e. The maximum Gasteiger partial charge on any atom is 0.270 e. The van der Waals surface area contributed by atoms with Crippen molar-refractivity contribution in [3.8, 4) is 5.75 Å². The van der Waals surface area contributed by atoms with Crippen molar-refractivity contribution >= 4 is 17.8 Å². The van der Waals surface area contributed by atoms with E-state index in [1.807, 2.05) is 0 Å². The number of piperidine rings is 1. The minimum Gasteiger partial charge on any atom is -0.507 e. The van der Waals surface area contributed by atoms with Crippen molar-refractivity contribution in [1.82, 2.24) is 15.3 Å². The highest BCUT2D eigenvalue weighted by molar-refractivity contribution is 5.87. The van der Waals surface area contributed by atoms with E-state index in [1.54, 1.807) is 24.5 Å². The molecule has 1 saturated heterocycles. The van der Waals surface area contributed by atoms with E-state index in [1.165, 1.54) is 24.4 Å². The highest BCUT2D eigenvalue weighted by Crippen LogP contribution is 2.25. The summed E-state index contributed by atoms with van der Waals surface area (Å²) in [6.07, 6.45) is 7.68. The van der Waals surface area contributed by atoms with Crippen LogP contribution < -0.4 is 5.43 Å². The second kappa shape index (κ2) is 9.05. The van der Waals surface area contributed by atoms with Crippen LogP contribution in [0.4, 0.5) is 5.69 Å². The second-order valence-corrected chi connectivity index (χ2v) is 6.51. The lowest BCUT2D eigenvalue weighted by Crippen LogP contribution is -2.41. The van der Waals surface area contributed by atoms with Gasteiger partial charge in [-0.25, -0.2) is 5.43 Å². The van der Waals surface area contributed by atoms with Gasteiger partial charge in [-0.2, -0.15) is 5.10 Å². The van der Waals surface area contributed by atoms with E-state index in [9.17, 15) is 20.0 Å². The van der Waals surface area contributed by atoms with Gasteiger partial charge in [-0.1, -0.05) is 6.42 Å². The Bertz CT molecular complexity index is 866. The number of nitrogens with zero attached hydrogens (tertiary/aromatic N) is 4. The van der Waals surface area contributed by atoms with Crippen molar-refractivity contribution in [3.63, 3.8) is 0 Å². The second-order valence-electron chi connectivity index (χ2n) is 6.51. The van der Waals surface area contributed by atoms with Gasteiger partial charge in [0.15, 0.2) is 0 Å². The Hall–Kier alpha value is -3.33. The number of pyridine rings is 1. The fraction of sp³-hybridized carbons (Fsp3) is 0.316. The number of amides is 1. The molecule has 0 saturated carbocycles. The number of aromatic hydroxyl groups is 1. The highest BCUT2D eigenvalue weighted by atomic mass is 16.6. The van der Waals surface area contributed by atoms with Crippen molar-refractivity contribution in [3.05, 3.63) is 64.0 Å². The summed E-state index contributed by atoms with van der Waals surface area (Å²) in [6, 6.07) is 6.70. The topological polar surface area (TPSA) is 121 Å². The fourth-order valence-electron chi connectivity index (χ4n) is 3.24. The van der Waals surface area contributed by atoms with Crippen LogP contribution in [0.15, 0.2) is 47.8 Å². The molecule has 0 aliphatic carbocycles. The number of carbonyl (C=O) groups is 1. The summed E-state index contributed by atoms with van der Waals surface area (Å²) in [7, 11) is 0. The Labute approximate surface area is 161 Å². The van der Waals surface area contributed by atoms with Gasteiger partial charge in [0.05, 0.1) is 11.1 Å². The van der Waals surface area contributed by atoms with Crippen LogP contribution in [-0.4, -0.2) is 45.1 Å². The summed E-state index contributed by atoms with van der Waals surface area (Å²) in [5.41, 5.74) is 3.29. The van der Waals surface area contributed by atoms with Crippen molar-refractivity contribution in [2.45, 2.75) is 25.3 Å². The number of benzene rings is 1. The van der Waals surface area contributed by atoms with E-state index in [4.69, 9.17) is 0 Å². The van der Waals surface area contributed by atoms with Crippen LogP contribution in [-0.2, 0) is 4.79 Å². The van der Waals surface area contributed by atoms with E-state index < -0.39 is 11.0 Å². The zero-order valence-corrected chi connectivity index (χ0v) is 15.2. The number of non-ortho nitro benzene ring substituents is 1. The first kappa shape index (κ1) is 19.4. The molecule has 1 unspecified atom stereocenters. The number of phenolic OH excluding ortho intramolecular Hbond substituents is 1. The molecule has 3 rings (SSSR count). The van der Waals surface area contributed by atoms with Crippen molar-refractivity contribution < 1.29 is 14.8 Å². The number of aromatic nitrogens is 1. The monoisotopic (exact) mass is 383 g/mol. The first-order chi connectivity index (χ1) is 13.6. The molecule has 0 radical (unpaired) electrons. The summed E-state index contributed by atoms with van der Waals surface area (Å²) >= 11 is 0. The van der Waals surface area contributed by atoms with Gasteiger partial charge in [-0.15, -0.1) is 0 Å². The standard InChI is InChI=1S/C19H21N5O4/c25-17-5-4-16(24(27)28)12-15(17)13-21-22-19(26)18(14-6-8-20-9-7-14)23-10-2-1-3-11-23/h4-9,12-13,18,25H,1-3,10-11H2,(H,22,26). The Kier molecular flexibility index (Phi) is 6.28. The zero-order chi connectivity index (χ0) is 19.9. The lowest BCUT2D eigenvalue weighted by molar-refractivity contribution is -0.384. The molecule has 146 valence electrons. The van der Waals surface area contributed by atoms with Gasteiger partial charge >= 0.3 is 0 Å². The molecule has 1 atom stereocenters. The molecule has 0 bridgehead atoms. The summed E-state index contributed by atoms with van der Waals surface area (Å²) in [4.78, 5) is 29.2. The number of nitrogens with one attached hydrogen (secondary N) is 1. The number of carbonyl (C=O) groups excluding carboxylic acids is 1. The Morgan fingerprint density at radius 3 is 2.64 bits per heavy atom. The van der Waals surface area contributed by atoms with Crippen LogP contribution in [0.25, 0.3) is 0 Å². The average molecular weight is 383 g/mol. The lowest BCUT2D eigenvalue weighted by Gasteiger charge is -2.33. The van der Waals surface area contributed by atoms with Crippen LogP contribution in [0.5, 0.6) is 5.75 Å². The molecule has 2 heterocycles. The van der Waals surface area contributed by atoms with Gasteiger partial charge in [0.25, 0.3) is 11.6 Å². The third kappa shape index (κ3) is 4.68. The maximum absolute atomic E-state index is 12.8. The molecule has 0 spiro atoms. The normalized spacial score (nSPS) is 16.0. The van der Waals surface area contributed by atoms with E-state index in [2.05, 4.69) is 20.4 Å². The van der Waals surface area contributed by atoms with Gasteiger partial charge in [-0.3, -0.25) is 24.8 Å². The predicted octanol–water partition coefficient (Wildman–Crippen LogP) is 2.37. The molecule has 1 aromatic heterocycles. The molecule has 9 heteroatoms. The molecule has 1 aromatic carbocycles. The van der Waals surface area contributed by atoms with E-state index in [-0.39, 0.29) is 22.9 Å². The van der Waals surface area contributed by atoms with Crippen LogP contribution in [0, 0.1) is 10.1 Å². The van der Waals surface area contributed by atoms with Crippen LogP contribution in [0.2, 0.25) is 0 Å². The lowest BCUT2D eigenvalue weighted by atomic mass is 10.0. The number of hydrogen-bond donors (Lipinski definition) is 2. The zero-order valence-electron chi connectivity index (χ0n) is 15.2. The molecule has 1 amide bonds. The van der Waals surface area contributed by atoms with Crippen molar-refractivity contribution in [2.24, 2.45) is 5.10 Å². The number of phenols is 1. The molecular weight excluding hydrogens is 362 g/mol. The van der Waals surface area contributed by atoms with Gasteiger partial charge in [0.1, 0.15) is 11.8 Å². The van der Waals surface area contributed by atoms with E-state index >= 15 is 0 Å². The maximum atomic E-state index is 12.8. The van der Waals surface area contributed by atoms with E-state index in [0.29, 0.717) is 0 Å². The summed E-state index contributed by atoms with van der Waals surface area (Å²) in [5.74, 6) is -0.473. The van der Waals surface area contributed by atoms with Crippen molar-refractivity contribution in [1.29, 1.82) is 0 Å². The molecule has 9 nitrogen and oxygen atoms in total. The minimum atomic E-state index is -0.564. The predicted molar refractivity (Wildman–Crippen MR) is 103 cm³/mol. The van der Waals surface area contributed by atoms with Gasteiger partial charge in [0, 0.05) is 30.1 Å². The summed E-state index contributed by atoms with van der Waals surface area (Å²) in [6.45, 7) is 1.63. The number of rotatable bonds is 6. The van der Waals surface area contributed by atoms with E-state index in [0.717, 1.165) is 37.9 Å². The molecule has 2 N–H and O–H groups in total. The number of hydrogen-bond acceptors (Lipinski definition) is 7. The fourth-order valence-corrected chi connectivity index (χ4v) is 3.24. The number of nitro groups is 1. The summed E-state index contributed by atoms with van der Waals surface area (Å²) < 4.78 is 0. The average Bonchev–Trinajstić information content (AvgIpc) is 2.71. The SMILES string of the molecule is O=C(NN=Cc1cc([N+](=O)[O-])ccc1O)C(c1ccncc1)N1CCCCC1. The molecule has 1 aliphatic heterocycles. The summed E-state index contributed by atoms with van der Waals surface area (Å²) in [5, 5.41) is 24.6. The number of hydrazone groups is 1. The van der Waals surface area contributed by atoms with Crippen LogP contribution >= 0.6 is 0 Å². The first-order valence-corrected chi connectivity index (χ1v) is 9.00. The Morgan fingerprint density at radius 1 is 1.25 bits per heavy atom. The van der Waals surface area contributed by atoms with Gasteiger partial charge < -0.3 is 5.11 Å². The molecule has 1 fully saturated rings. The Morgan fingerprint density at radius 2 is 1.96 bits per heavy atom. The van der Waals surface area contributed by atoms with Crippen LogP contribution in [0.1, 0.15) is 36.4 Å². The highest BCUT2D eigenvalue weighted by Gasteiger charge is 2.28. The largest absolute Gasteiger partial charge is 0.507 e. The molecule has 2 aromatic rings.